The number of rotatable bonds is 5. The molecule has 2 aromatic heterocycles. The first-order chi connectivity index (χ1) is 9.78. The maximum absolute atomic E-state index is 11.3. The van der Waals surface area contributed by atoms with Gasteiger partial charge in [0.15, 0.2) is 6.29 Å². The molecule has 3 aromatic rings. The first-order valence-electron chi connectivity index (χ1n) is 6.63. The number of para-hydroxylation sites is 1. The fourth-order valence-electron chi connectivity index (χ4n) is 2.36. The number of hydrogen-bond acceptors (Lipinski definition) is 3. The number of aromatic amines is 1. The summed E-state index contributed by atoms with van der Waals surface area (Å²) in [5, 5.41) is 4.21. The third kappa shape index (κ3) is 2.32. The fourth-order valence-corrected chi connectivity index (χ4v) is 2.36. The van der Waals surface area contributed by atoms with E-state index in [-0.39, 0.29) is 0 Å². The first-order valence-corrected chi connectivity index (χ1v) is 6.63. The summed E-state index contributed by atoms with van der Waals surface area (Å²) in [6.07, 6.45) is 1.67. The van der Waals surface area contributed by atoms with Gasteiger partial charge in [-0.3, -0.25) is 4.79 Å². The normalized spacial score (nSPS) is 10.8. The summed E-state index contributed by atoms with van der Waals surface area (Å²) in [6, 6.07) is 11.7. The van der Waals surface area contributed by atoms with Gasteiger partial charge < -0.3 is 14.7 Å². The third-order valence-electron chi connectivity index (χ3n) is 3.33. The van der Waals surface area contributed by atoms with Crippen molar-refractivity contribution in [3.63, 3.8) is 0 Å². The molecule has 0 aliphatic heterocycles. The van der Waals surface area contributed by atoms with Crippen LogP contribution in [0.1, 0.15) is 21.9 Å². The number of carbonyl (C=O) groups excluding carboxylic acids is 1. The molecule has 0 aliphatic carbocycles. The van der Waals surface area contributed by atoms with Crippen molar-refractivity contribution in [3.05, 3.63) is 53.5 Å². The molecule has 0 bridgehead atoms. The lowest BCUT2D eigenvalue weighted by Gasteiger charge is -2.03. The topological polar surface area (TPSA) is 58.0 Å². The number of aryl methyl sites for hydroxylation is 1. The SMILES string of the molecule is Cc1ccc(CCNc2[nH]c3ccccc3c2C=O)o1. The summed E-state index contributed by atoms with van der Waals surface area (Å²) < 4.78 is 5.52. The van der Waals surface area contributed by atoms with Gasteiger partial charge in [-0.05, 0) is 25.1 Å². The highest BCUT2D eigenvalue weighted by Gasteiger charge is 2.09. The summed E-state index contributed by atoms with van der Waals surface area (Å²) in [6.45, 7) is 2.64. The lowest BCUT2D eigenvalue weighted by Crippen LogP contribution is -2.06. The van der Waals surface area contributed by atoms with Crippen molar-refractivity contribution >= 4 is 23.0 Å². The van der Waals surface area contributed by atoms with Gasteiger partial charge in [-0.15, -0.1) is 0 Å². The second-order valence-electron chi connectivity index (χ2n) is 4.77. The van der Waals surface area contributed by atoms with Crippen molar-refractivity contribution in [3.8, 4) is 0 Å². The van der Waals surface area contributed by atoms with Crippen LogP contribution in [0.4, 0.5) is 5.82 Å². The molecule has 3 rings (SSSR count). The van der Waals surface area contributed by atoms with E-state index in [2.05, 4.69) is 10.3 Å². The van der Waals surface area contributed by atoms with Crippen molar-refractivity contribution in [2.75, 3.05) is 11.9 Å². The summed E-state index contributed by atoms with van der Waals surface area (Å²) >= 11 is 0. The van der Waals surface area contributed by atoms with Crippen LogP contribution in [0, 0.1) is 6.92 Å². The summed E-state index contributed by atoms with van der Waals surface area (Å²) in [7, 11) is 0. The Hall–Kier alpha value is -2.49. The number of nitrogens with one attached hydrogen (secondary N) is 2. The van der Waals surface area contributed by atoms with E-state index in [0.717, 1.165) is 40.9 Å². The Labute approximate surface area is 116 Å². The van der Waals surface area contributed by atoms with Gasteiger partial charge in [-0.2, -0.15) is 0 Å². The number of hydrogen-bond donors (Lipinski definition) is 2. The highest BCUT2D eigenvalue weighted by Crippen LogP contribution is 2.24. The van der Waals surface area contributed by atoms with Crippen LogP contribution in [-0.2, 0) is 6.42 Å². The molecule has 0 saturated heterocycles. The second-order valence-corrected chi connectivity index (χ2v) is 4.77. The molecular weight excluding hydrogens is 252 g/mol. The molecule has 0 radical (unpaired) electrons. The van der Waals surface area contributed by atoms with E-state index in [4.69, 9.17) is 4.42 Å². The predicted octanol–water partition coefficient (Wildman–Crippen LogP) is 3.54. The Morgan fingerprint density at radius 3 is 2.85 bits per heavy atom. The second kappa shape index (κ2) is 5.25. The van der Waals surface area contributed by atoms with Gasteiger partial charge in [0, 0.05) is 23.9 Å². The van der Waals surface area contributed by atoms with E-state index in [1.807, 2.05) is 43.3 Å². The number of aldehydes is 1. The third-order valence-corrected chi connectivity index (χ3v) is 3.33. The molecule has 2 N–H and O–H groups in total. The Balaban J connectivity index is 1.75. The number of anilines is 1. The molecule has 4 heteroatoms. The monoisotopic (exact) mass is 268 g/mol. The number of carbonyl (C=O) groups is 1. The van der Waals surface area contributed by atoms with Gasteiger partial charge in [0.1, 0.15) is 17.3 Å². The number of H-pyrrole nitrogens is 1. The van der Waals surface area contributed by atoms with Crippen molar-refractivity contribution in [2.24, 2.45) is 0 Å². The zero-order chi connectivity index (χ0) is 13.9. The minimum atomic E-state index is 0.677. The van der Waals surface area contributed by atoms with Crippen LogP contribution < -0.4 is 5.32 Å². The van der Waals surface area contributed by atoms with Crippen LogP contribution in [0.25, 0.3) is 10.9 Å². The molecule has 0 unspecified atom stereocenters. The maximum Gasteiger partial charge on any atom is 0.154 e. The minimum absolute atomic E-state index is 0.677. The fraction of sp³-hybridized carbons (Fsp3) is 0.188. The van der Waals surface area contributed by atoms with E-state index in [9.17, 15) is 4.79 Å². The van der Waals surface area contributed by atoms with Gasteiger partial charge in [0.25, 0.3) is 0 Å². The van der Waals surface area contributed by atoms with Crippen molar-refractivity contribution < 1.29 is 9.21 Å². The molecule has 4 nitrogen and oxygen atoms in total. The molecule has 0 atom stereocenters. The number of benzene rings is 1. The van der Waals surface area contributed by atoms with Gasteiger partial charge >= 0.3 is 0 Å². The molecule has 102 valence electrons. The van der Waals surface area contributed by atoms with Crippen LogP contribution >= 0.6 is 0 Å². The standard InChI is InChI=1S/C16H16N2O2/c1-11-6-7-12(20-11)8-9-17-16-14(10-19)13-4-2-3-5-15(13)18-16/h2-7,10,17-18H,8-9H2,1H3. The van der Waals surface area contributed by atoms with Crippen molar-refractivity contribution in [1.29, 1.82) is 0 Å². The Morgan fingerprint density at radius 1 is 1.25 bits per heavy atom. The highest BCUT2D eigenvalue weighted by molar-refractivity contribution is 6.03. The van der Waals surface area contributed by atoms with E-state index < -0.39 is 0 Å². The molecule has 0 fully saturated rings. The molecule has 0 saturated carbocycles. The van der Waals surface area contributed by atoms with Crippen LogP contribution in [0.5, 0.6) is 0 Å². The van der Waals surface area contributed by atoms with Gasteiger partial charge in [0.2, 0.25) is 0 Å². The molecule has 0 spiro atoms. The van der Waals surface area contributed by atoms with Crippen molar-refractivity contribution in [1.82, 2.24) is 4.98 Å². The van der Waals surface area contributed by atoms with Crippen molar-refractivity contribution in [2.45, 2.75) is 13.3 Å². The smallest absolute Gasteiger partial charge is 0.154 e. The molecule has 2 heterocycles. The maximum atomic E-state index is 11.3. The zero-order valence-electron chi connectivity index (χ0n) is 11.3. The van der Waals surface area contributed by atoms with Gasteiger partial charge in [0.05, 0.1) is 5.56 Å². The Kier molecular flexibility index (Phi) is 3.29. The van der Waals surface area contributed by atoms with E-state index >= 15 is 0 Å². The summed E-state index contributed by atoms with van der Waals surface area (Å²) in [5.74, 6) is 2.63. The van der Waals surface area contributed by atoms with Crippen LogP contribution in [-0.4, -0.2) is 17.8 Å². The number of aromatic nitrogens is 1. The lowest BCUT2D eigenvalue weighted by atomic mass is 10.2. The largest absolute Gasteiger partial charge is 0.466 e. The lowest BCUT2D eigenvalue weighted by molar-refractivity contribution is 0.112. The first kappa shape index (κ1) is 12.5. The van der Waals surface area contributed by atoms with Gasteiger partial charge in [-0.1, -0.05) is 18.2 Å². The predicted molar refractivity (Wildman–Crippen MR) is 79.3 cm³/mol. The molecule has 0 amide bonds. The molecular formula is C16H16N2O2. The Morgan fingerprint density at radius 2 is 2.10 bits per heavy atom. The summed E-state index contributed by atoms with van der Waals surface area (Å²) in [5.41, 5.74) is 1.64. The number of furan rings is 1. The minimum Gasteiger partial charge on any atom is -0.466 e. The number of fused-ring (bicyclic) bond motifs is 1. The van der Waals surface area contributed by atoms with Gasteiger partial charge in [-0.25, -0.2) is 0 Å². The summed E-state index contributed by atoms with van der Waals surface area (Å²) in [4.78, 5) is 14.5. The van der Waals surface area contributed by atoms with E-state index in [1.165, 1.54) is 0 Å². The van der Waals surface area contributed by atoms with E-state index in [1.54, 1.807) is 0 Å². The quantitative estimate of drug-likeness (QED) is 0.696. The average Bonchev–Trinajstić information content (AvgIpc) is 3.02. The van der Waals surface area contributed by atoms with E-state index in [0.29, 0.717) is 12.1 Å². The zero-order valence-corrected chi connectivity index (χ0v) is 11.3. The van der Waals surface area contributed by atoms with Crippen LogP contribution in [0.2, 0.25) is 0 Å². The Bertz CT molecular complexity index is 740. The van der Waals surface area contributed by atoms with Crippen LogP contribution in [0.3, 0.4) is 0 Å². The highest BCUT2D eigenvalue weighted by atomic mass is 16.3. The average molecular weight is 268 g/mol. The molecule has 0 aliphatic rings. The van der Waals surface area contributed by atoms with Crippen LogP contribution in [0.15, 0.2) is 40.8 Å². The molecule has 20 heavy (non-hydrogen) atoms. The molecule has 1 aromatic carbocycles.